The Morgan fingerprint density at radius 1 is 0.923 bits per heavy atom. The predicted molar refractivity (Wildman–Crippen MR) is 106 cm³/mol. The number of methoxy groups -OCH3 is 1. The fraction of sp³-hybridized carbons (Fsp3) is 0.136. The first kappa shape index (κ1) is 17.5. The van der Waals surface area contributed by atoms with Crippen LogP contribution >= 0.6 is 0 Å². The molecule has 0 amide bonds. The lowest BCUT2D eigenvalue weighted by Crippen LogP contribution is -1.98. The molecular weight excluding hydrogens is 324 g/mol. The van der Waals surface area contributed by atoms with Gasteiger partial charge in [0.15, 0.2) is 11.5 Å². The first-order valence-electron chi connectivity index (χ1n) is 8.45. The Morgan fingerprint density at radius 2 is 1.69 bits per heavy atom. The molecule has 3 rings (SSSR count). The SMILES string of the molecule is COc1cc(/C=N\Nc2ccc(C)cc2)ccc1OCc1ccccc1. The van der Waals surface area contributed by atoms with Gasteiger partial charge in [-0.3, -0.25) is 5.43 Å². The van der Waals surface area contributed by atoms with Gasteiger partial charge < -0.3 is 9.47 Å². The Morgan fingerprint density at radius 3 is 2.42 bits per heavy atom. The number of ether oxygens (including phenoxy) is 2. The van der Waals surface area contributed by atoms with Crippen molar-refractivity contribution in [2.24, 2.45) is 5.10 Å². The molecule has 0 spiro atoms. The van der Waals surface area contributed by atoms with E-state index in [2.05, 4.69) is 17.5 Å². The van der Waals surface area contributed by atoms with Crippen molar-refractivity contribution in [3.8, 4) is 11.5 Å². The zero-order valence-electron chi connectivity index (χ0n) is 15.0. The standard InChI is InChI=1S/C22H22N2O2/c1-17-8-11-20(12-9-17)24-23-15-19-10-13-21(22(14-19)25-2)26-16-18-6-4-3-5-7-18/h3-15,24H,16H2,1-2H3/b23-15-. The van der Waals surface area contributed by atoms with E-state index in [1.54, 1.807) is 13.3 Å². The van der Waals surface area contributed by atoms with Crippen LogP contribution in [0.5, 0.6) is 11.5 Å². The minimum atomic E-state index is 0.500. The average molecular weight is 346 g/mol. The van der Waals surface area contributed by atoms with Crippen molar-refractivity contribution in [2.75, 3.05) is 12.5 Å². The van der Waals surface area contributed by atoms with Crippen LogP contribution in [0, 0.1) is 6.92 Å². The maximum atomic E-state index is 5.87. The third-order valence-electron chi connectivity index (χ3n) is 3.88. The molecule has 0 unspecified atom stereocenters. The molecule has 132 valence electrons. The van der Waals surface area contributed by atoms with Gasteiger partial charge >= 0.3 is 0 Å². The molecule has 26 heavy (non-hydrogen) atoms. The summed E-state index contributed by atoms with van der Waals surface area (Å²) < 4.78 is 11.3. The average Bonchev–Trinajstić information content (AvgIpc) is 2.69. The largest absolute Gasteiger partial charge is 0.493 e. The Labute approximate surface area is 154 Å². The van der Waals surface area contributed by atoms with Crippen molar-refractivity contribution in [1.29, 1.82) is 0 Å². The van der Waals surface area contributed by atoms with Crippen LogP contribution in [0.1, 0.15) is 16.7 Å². The molecule has 0 heterocycles. The summed E-state index contributed by atoms with van der Waals surface area (Å²) in [5.41, 5.74) is 7.22. The number of hydrogen-bond donors (Lipinski definition) is 1. The first-order valence-corrected chi connectivity index (χ1v) is 8.45. The molecule has 1 N–H and O–H groups in total. The van der Waals surface area contributed by atoms with Gasteiger partial charge in [0, 0.05) is 0 Å². The predicted octanol–water partition coefficient (Wildman–Crippen LogP) is 5.03. The molecule has 0 aliphatic heterocycles. The number of anilines is 1. The van der Waals surface area contributed by atoms with Gasteiger partial charge in [0.1, 0.15) is 6.61 Å². The Hall–Kier alpha value is -3.27. The number of nitrogens with zero attached hydrogens (tertiary/aromatic N) is 1. The number of benzene rings is 3. The lowest BCUT2D eigenvalue weighted by Gasteiger charge is -2.11. The Balaban J connectivity index is 1.64. The first-order chi connectivity index (χ1) is 12.7. The van der Waals surface area contributed by atoms with E-state index in [0.29, 0.717) is 18.1 Å². The summed E-state index contributed by atoms with van der Waals surface area (Å²) in [7, 11) is 1.64. The fourth-order valence-electron chi connectivity index (χ4n) is 2.43. The molecular formula is C22H22N2O2. The molecule has 0 bridgehead atoms. The lowest BCUT2D eigenvalue weighted by molar-refractivity contribution is 0.284. The van der Waals surface area contributed by atoms with Crippen LogP contribution < -0.4 is 14.9 Å². The van der Waals surface area contributed by atoms with Crippen molar-refractivity contribution in [3.05, 3.63) is 89.5 Å². The van der Waals surface area contributed by atoms with Crippen molar-refractivity contribution < 1.29 is 9.47 Å². The molecule has 4 nitrogen and oxygen atoms in total. The lowest BCUT2D eigenvalue weighted by atomic mass is 10.2. The quantitative estimate of drug-likeness (QED) is 0.482. The van der Waals surface area contributed by atoms with Gasteiger partial charge in [0.25, 0.3) is 0 Å². The van der Waals surface area contributed by atoms with Gasteiger partial charge in [-0.25, -0.2) is 0 Å². The van der Waals surface area contributed by atoms with Crippen molar-refractivity contribution in [3.63, 3.8) is 0 Å². The van der Waals surface area contributed by atoms with Crippen molar-refractivity contribution in [1.82, 2.24) is 0 Å². The molecule has 0 fully saturated rings. The van der Waals surface area contributed by atoms with Crippen LogP contribution in [0.2, 0.25) is 0 Å². The Bertz CT molecular complexity index is 859. The van der Waals surface area contributed by atoms with Gasteiger partial charge in [0.2, 0.25) is 0 Å². The molecule has 0 aromatic heterocycles. The third-order valence-corrected chi connectivity index (χ3v) is 3.88. The molecule has 0 atom stereocenters. The molecule has 0 radical (unpaired) electrons. The van der Waals surface area contributed by atoms with Crippen LogP contribution in [-0.2, 0) is 6.61 Å². The monoisotopic (exact) mass is 346 g/mol. The topological polar surface area (TPSA) is 42.8 Å². The molecule has 3 aromatic rings. The second-order valence-electron chi connectivity index (χ2n) is 5.92. The summed E-state index contributed by atoms with van der Waals surface area (Å²) in [5.74, 6) is 1.39. The summed E-state index contributed by atoms with van der Waals surface area (Å²) in [6.45, 7) is 2.56. The molecule has 3 aromatic carbocycles. The minimum absolute atomic E-state index is 0.500. The molecule has 0 saturated carbocycles. The van der Waals surface area contributed by atoms with Gasteiger partial charge in [-0.2, -0.15) is 5.10 Å². The Kier molecular flexibility index (Phi) is 5.88. The van der Waals surface area contributed by atoms with Gasteiger partial charge in [0.05, 0.1) is 19.0 Å². The number of aryl methyl sites for hydroxylation is 1. The highest BCUT2D eigenvalue weighted by Crippen LogP contribution is 2.28. The number of hydrazone groups is 1. The number of rotatable bonds is 7. The molecule has 0 aliphatic rings. The zero-order valence-corrected chi connectivity index (χ0v) is 15.0. The zero-order chi connectivity index (χ0) is 18.2. The van der Waals surface area contributed by atoms with Crippen LogP contribution in [-0.4, -0.2) is 13.3 Å². The number of nitrogens with one attached hydrogen (secondary N) is 1. The van der Waals surface area contributed by atoms with E-state index in [1.807, 2.05) is 72.8 Å². The van der Waals surface area contributed by atoms with E-state index in [0.717, 1.165) is 16.8 Å². The summed E-state index contributed by atoms with van der Waals surface area (Å²) >= 11 is 0. The van der Waals surface area contributed by atoms with E-state index >= 15 is 0 Å². The third kappa shape index (κ3) is 4.86. The fourth-order valence-corrected chi connectivity index (χ4v) is 2.43. The summed E-state index contributed by atoms with van der Waals surface area (Å²) in [6.07, 6.45) is 1.75. The van der Waals surface area contributed by atoms with Crippen molar-refractivity contribution in [2.45, 2.75) is 13.5 Å². The van der Waals surface area contributed by atoms with Gasteiger partial charge in [-0.15, -0.1) is 0 Å². The van der Waals surface area contributed by atoms with Crippen LogP contribution in [0.3, 0.4) is 0 Å². The normalized spacial score (nSPS) is 10.7. The highest BCUT2D eigenvalue weighted by atomic mass is 16.5. The van der Waals surface area contributed by atoms with Gasteiger partial charge in [-0.05, 0) is 48.4 Å². The van der Waals surface area contributed by atoms with E-state index in [9.17, 15) is 0 Å². The second kappa shape index (κ2) is 8.72. The molecule has 0 saturated heterocycles. The van der Waals surface area contributed by atoms with Crippen LogP contribution in [0.15, 0.2) is 77.9 Å². The summed E-state index contributed by atoms with van der Waals surface area (Å²) in [6, 6.07) is 23.9. The maximum absolute atomic E-state index is 5.87. The van der Waals surface area contributed by atoms with E-state index in [-0.39, 0.29) is 0 Å². The summed E-state index contributed by atoms with van der Waals surface area (Å²) in [4.78, 5) is 0. The van der Waals surface area contributed by atoms with E-state index < -0.39 is 0 Å². The maximum Gasteiger partial charge on any atom is 0.161 e. The molecule has 4 heteroatoms. The van der Waals surface area contributed by atoms with Crippen LogP contribution in [0.4, 0.5) is 5.69 Å². The van der Waals surface area contributed by atoms with E-state index in [1.165, 1.54) is 5.56 Å². The van der Waals surface area contributed by atoms with E-state index in [4.69, 9.17) is 9.47 Å². The van der Waals surface area contributed by atoms with Crippen molar-refractivity contribution >= 4 is 11.9 Å². The summed E-state index contributed by atoms with van der Waals surface area (Å²) in [5, 5.41) is 4.27. The minimum Gasteiger partial charge on any atom is -0.493 e. The van der Waals surface area contributed by atoms with Gasteiger partial charge in [-0.1, -0.05) is 48.0 Å². The number of hydrogen-bond acceptors (Lipinski definition) is 4. The highest BCUT2D eigenvalue weighted by molar-refractivity contribution is 5.81. The molecule has 0 aliphatic carbocycles. The second-order valence-corrected chi connectivity index (χ2v) is 5.92. The smallest absolute Gasteiger partial charge is 0.161 e. The highest BCUT2D eigenvalue weighted by Gasteiger charge is 2.05. The van der Waals surface area contributed by atoms with Crippen LogP contribution in [0.25, 0.3) is 0 Å².